The molecule has 3 saturated heterocycles. The highest BCUT2D eigenvalue weighted by Gasteiger charge is 2.65. The highest BCUT2D eigenvalue weighted by Crippen LogP contribution is 2.69. The molecule has 12 atom stereocenters. The van der Waals surface area contributed by atoms with Crippen molar-refractivity contribution in [2.45, 2.75) is 173 Å². The van der Waals surface area contributed by atoms with Gasteiger partial charge in [-0.2, -0.15) is 0 Å². The highest BCUT2D eigenvalue weighted by molar-refractivity contribution is 5.91. The van der Waals surface area contributed by atoms with Gasteiger partial charge in [-0.05, 0) is 102 Å². The van der Waals surface area contributed by atoms with E-state index in [1.165, 1.54) is 5.57 Å². The van der Waals surface area contributed by atoms with Gasteiger partial charge in [0.25, 0.3) is 0 Å². The number of carbonyl (C=O) groups is 1. The van der Waals surface area contributed by atoms with E-state index in [0.717, 1.165) is 38.5 Å². The Hall–Kier alpha value is -2.63. The Morgan fingerprint density at radius 2 is 1.67 bits per heavy atom. The average molecular weight is 767 g/mol. The third-order valence-electron chi connectivity index (χ3n) is 14.5. The van der Waals surface area contributed by atoms with E-state index in [0.29, 0.717) is 55.0 Å². The minimum Gasteiger partial charge on any atom is -0.389 e. The van der Waals surface area contributed by atoms with E-state index in [4.69, 9.17) is 28.4 Å². The maximum atomic E-state index is 12.4. The Morgan fingerprint density at radius 3 is 2.45 bits per heavy atom. The summed E-state index contributed by atoms with van der Waals surface area (Å²) in [5.74, 6) is 0.300. The first kappa shape index (κ1) is 37.9. The number of allylic oxidation sites excluding steroid dienone is 1. The lowest BCUT2D eigenvalue weighted by Gasteiger charge is -2.59. The van der Waals surface area contributed by atoms with Crippen LogP contribution in [0.1, 0.15) is 111 Å². The van der Waals surface area contributed by atoms with Crippen LogP contribution < -0.4 is 0 Å². The summed E-state index contributed by atoms with van der Waals surface area (Å²) < 4.78 is 39.9. The van der Waals surface area contributed by atoms with Crippen molar-refractivity contribution in [1.82, 2.24) is 30.0 Å². The van der Waals surface area contributed by atoms with Gasteiger partial charge in [0.2, 0.25) is 0 Å². The predicted molar refractivity (Wildman–Crippen MR) is 193 cm³/mol. The van der Waals surface area contributed by atoms with Crippen molar-refractivity contribution in [1.29, 1.82) is 0 Å². The maximum absolute atomic E-state index is 12.4. The van der Waals surface area contributed by atoms with Crippen LogP contribution in [0.3, 0.4) is 0 Å². The Morgan fingerprint density at radius 1 is 0.909 bits per heavy atom. The van der Waals surface area contributed by atoms with E-state index in [1.54, 1.807) is 15.6 Å². The fourth-order valence-electron chi connectivity index (χ4n) is 11.8. The molecule has 2 unspecified atom stereocenters. The van der Waals surface area contributed by atoms with E-state index in [1.807, 2.05) is 40.0 Å². The molecule has 2 aromatic rings. The summed E-state index contributed by atoms with van der Waals surface area (Å²) in [6.07, 6.45) is 10.6. The number of aliphatic hydroxyl groups is 2. The summed E-state index contributed by atoms with van der Waals surface area (Å²) in [4.78, 5) is 12.3. The van der Waals surface area contributed by atoms with Gasteiger partial charge in [-0.25, -0.2) is 9.36 Å². The van der Waals surface area contributed by atoms with Gasteiger partial charge in [0.15, 0.2) is 23.6 Å². The molecular formula is C40H58N6O9. The lowest BCUT2D eigenvalue weighted by molar-refractivity contribution is -0.223. The molecule has 0 bridgehead atoms. The monoisotopic (exact) mass is 766 g/mol. The fourth-order valence-corrected chi connectivity index (χ4v) is 11.8. The Balaban J connectivity index is 0.810. The van der Waals surface area contributed by atoms with Crippen LogP contribution in [0.25, 0.3) is 0 Å². The molecule has 2 N–H and O–H groups in total. The lowest BCUT2D eigenvalue weighted by atomic mass is 9.46. The smallest absolute Gasteiger partial charge is 0.190 e. The summed E-state index contributed by atoms with van der Waals surface area (Å²) in [6, 6.07) is 0. The molecule has 4 aliphatic carbocycles. The second-order valence-electron chi connectivity index (χ2n) is 18.8. The molecule has 0 radical (unpaired) electrons. The standard InChI is InChI=1S/C40H58N6O9/c1-36(2)51-22-27(53-36)16-31-33(34-35(52-31)55-37(3,4)54-34)50-21-24-17-45(43-41-24)18-26(48)19-46-20-32(42-44-46)40(49)14-11-30-28-8-7-23-15-25(47)9-12-38(23,5)29(28)10-13-39(30,40)6/h15,17,20,26-31,33-35,48-49H,7-14,16,18-19,21-22H2,1-6H3/t26?,27?,28-,29+,30+,31-,33+,34-,35-,38+,39+,40-/m1/s1. The van der Waals surface area contributed by atoms with Gasteiger partial charge in [-0.1, -0.05) is 29.8 Å². The predicted octanol–water partition coefficient (Wildman–Crippen LogP) is 3.95. The van der Waals surface area contributed by atoms with E-state index in [9.17, 15) is 15.0 Å². The van der Waals surface area contributed by atoms with E-state index < -0.39 is 41.8 Å². The van der Waals surface area contributed by atoms with Crippen LogP contribution >= 0.6 is 0 Å². The SMILES string of the molecule is CC1(C)OCC(C[C@H]2O[C@@H]3OC(C)(C)O[C@@H]3[C@H]2OCc2cn(CC(O)Cn3cc([C@]4(O)CC[C@H]5[C@@H]6CCC7=CC(=O)CC[C@]7(C)[C@H]6CC[C@@]54C)nn3)nn2)O1. The van der Waals surface area contributed by atoms with E-state index >= 15 is 0 Å². The molecule has 7 aliphatic rings. The number of aromatic nitrogens is 6. The van der Waals surface area contributed by atoms with E-state index in [2.05, 4.69) is 34.5 Å². The lowest BCUT2D eigenvalue weighted by Crippen LogP contribution is -2.53. The number of ketones is 1. The topological polar surface area (TPSA) is 174 Å². The van der Waals surface area contributed by atoms with Crippen molar-refractivity contribution in [3.63, 3.8) is 0 Å². The first-order chi connectivity index (χ1) is 26.0. The van der Waals surface area contributed by atoms with Gasteiger partial charge in [0.05, 0.1) is 57.0 Å². The molecule has 5 heterocycles. The van der Waals surface area contributed by atoms with Crippen molar-refractivity contribution >= 4 is 5.78 Å². The Bertz CT molecular complexity index is 1810. The van der Waals surface area contributed by atoms with Gasteiger partial charge in [0.1, 0.15) is 29.2 Å². The molecule has 302 valence electrons. The zero-order valence-corrected chi connectivity index (χ0v) is 33.1. The van der Waals surface area contributed by atoms with Crippen LogP contribution in [0, 0.1) is 28.6 Å². The number of ether oxygens (including phenoxy) is 6. The molecule has 15 nitrogen and oxygen atoms in total. The van der Waals surface area contributed by atoms with Gasteiger partial charge < -0.3 is 38.6 Å². The number of rotatable bonds is 10. The third kappa shape index (κ3) is 6.64. The number of hydrogen-bond donors (Lipinski definition) is 2. The Kier molecular flexibility index (Phi) is 9.29. The van der Waals surface area contributed by atoms with Gasteiger partial charge in [-0.15, -0.1) is 10.2 Å². The zero-order valence-electron chi connectivity index (χ0n) is 33.1. The van der Waals surface area contributed by atoms with Crippen LogP contribution in [0.15, 0.2) is 24.0 Å². The molecular weight excluding hydrogens is 708 g/mol. The first-order valence-corrected chi connectivity index (χ1v) is 20.4. The number of carbonyl (C=O) groups excluding carboxylic acids is 1. The van der Waals surface area contributed by atoms with Crippen molar-refractivity contribution in [2.24, 2.45) is 28.6 Å². The fraction of sp³-hybridized carbons (Fsp3) is 0.825. The summed E-state index contributed by atoms with van der Waals surface area (Å²) >= 11 is 0. The number of hydrogen-bond acceptors (Lipinski definition) is 13. The second kappa shape index (κ2) is 13.5. The molecule has 2 aromatic heterocycles. The normalized spacial score (nSPS) is 42.1. The van der Waals surface area contributed by atoms with Gasteiger partial charge in [-0.3, -0.25) is 4.79 Å². The average Bonchev–Trinajstić information content (AvgIpc) is 3.96. The van der Waals surface area contributed by atoms with Crippen LogP contribution in [-0.4, -0.2) is 101 Å². The molecule has 55 heavy (non-hydrogen) atoms. The van der Waals surface area contributed by atoms with Crippen LogP contribution in [0.4, 0.5) is 0 Å². The molecule has 0 aromatic carbocycles. The molecule has 0 spiro atoms. The molecule has 3 saturated carbocycles. The number of fused-ring (bicyclic) bond motifs is 6. The Labute approximate surface area is 322 Å². The van der Waals surface area contributed by atoms with Crippen molar-refractivity contribution < 1.29 is 43.4 Å². The van der Waals surface area contributed by atoms with Crippen molar-refractivity contribution in [3.8, 4) is 0 Å². The summed E-state index contributed by atoms with van der Waals surface area (Å²) in [5.41, 5.74) is 1.23. The second-order valence-corrected chi connectivity index (χ2v) is 18.8. The van der Waals surface area contributed by atoms with Gasteiger partial charge in [0, 0.05) is 18.3 Å². The summed E-state index contributed by atoms with van der Waals surface area (Å²) in [5, 5.41) is 41.0. The van der Waals surface area contributed by atoms with Gasteiger partial charge >= 0.3 is 0 Å². The maximum Gasteiger partial charge on any atom is 0.190 e. The molecule has 3 aliphatic heterocycles. The minimum absolute atomic E-state index is 0.0867. The first-order valence-electron chi connectivity index (χ1n) is 20.4. The van der Waals surface area contributed by atoms with Crippen molar-refractivity contribution in [3.05, 3.63) is 35.4 Å². The molecule has 6 fully saturated rings. The largest absolute Gasteiger partial charge is 0.389 e. The molecule has 9 rings (SSSR count). The van der Waals surface area contributed by atoms with Crippen LogP contribution in [0.5, 0.6) is 0 Å². The van der Waals surface area contributed by atoms with Crippen LogP contribution in [-0.2, 0) is 58.5 Å². The van der Waals surface area contributed by atoms with Crippen LogP contribution in [0.2, 0.25) is 0 Å². The molecule has 15 heteroatoms. The quantitative estimate of drug-likeness (QED) is 0.356. The highest BCUT2D eigenvalue weighted by atomic mass is 16.8. The summed E-state index contributed by atoms with van der Waals surface area (Å²) in [6.45, 7) is 13.2. The van der Waals surface area contributed by atoms with E-state index in [-0.39, 0.29) is 48.5 Å². The summed E-state index contributed by atoms with van der Waals surface area (Å²) in [7, 11) is 0. The zero-order chi connectivity index (χ0) is 38.5. The number of nitrogens with zero attached hydrogens (tertiary/aromatic N) is 6. The minimum atomic E-state index is -1.09. The van der Waals surface area contributed by atoms with Crippen molar-refractivity contribution in [2.75, 3.05) is 6.61 Å². The number of aliphatic hydroxyl groups excluding tert-OH is 1. The third-order valence-corrected chi connectivity index (χ3v) is 14.5. The molecule has 0 amide bonds.